The summed E-state index contributed by atoms with van der Waals surface area (Å²) in [5, 5.41) is 0. The van der Waals surface area contributed by atoms with Gasteiger partial charge in [0.1, 0.15) is 0 Å². The zero-order chi connectivity index (χ0) is 9.84. The summed E-state index contributed by atoms with van der Waals surface area (Å²) in [6.07, 6.45) is 2.22. The zero-order valence-electron chi connectivity index (χ0n) is 8.37. The second-order valence-corrected chi connectivity index (χ2v) is 3.30. The van der Waals surface area contributed by atoms with Crippen LogP contribution in [0.1, 0.15) is 20.8 Å². The van der Waals surface area contributed by atoms with E-state index >= 15 is 0 Å². The van der Waals surface area contributed by atoms with Crippen molar-refractivity contribution in [3.8, 4) is 0 Å². The van der Waals surface area contributed by atoms with Gasteiger partial charge in [0.15, 0.2) is 0 Å². The van der Waals surface area contributed by atoms with Gasteiger partial charge < -0.3 is 9.47 Å². The molecule has 74 valence electrons. The Labute approximate surface area is 78.7 Å². The Bertz CT molecular complexity index is 216. The van der Waals surface area contributed by atoms with Crippen molar-refractivity contribution in [3.05, 3.63) is 11.6 Å². The van der Waals surface area contributed by atoms with Crippen LogP contribution < -0.4 is 0 Å². The molecule has 0 aromatic carbocycles. The summed E-state index contributed by atoms with van der Waals surface area (Å²) in [5.41, 5.74) is 0.671. The average molecular weight is 184 g/mol. The highest BCUT2D eigenvalue weighted by Gasteiger charge is 2.28. The molecule has 1 saturated heterocycles. The van der Waals surface area contributed by atoms with E-state index in [9.17, 15) is 4.79 Å². The number of carbonyl (C=O) groups excluding carboxylic acids is 1. The maximum atomic E-state index is 11.2. The van der Waals surface area contributed by atoms with Crippen LogP contribution >= 0.6 is 0 Å². The molecule has 0 N–H and O–H groups in total. The van der Waals surface area contributed by atoms with Crippen molar-refractivity contribution in [3.63, 3.8) is 0 Å². The van der Waals surface area contributed by atoms with Crippen molar-refractivity contribution in [2.75, 3.05) is 13.2 Å². The Morgan fingerprint density at radius 1 is 1.77 bits per heavy atom. The number of esters is 1. The van der Waals surface area contributed by atoms with Crippen LogP contribution in [-0.4, -0.2) is 25.3 Å². The maximum Gasteiger partial charge on any atom is 0.333 e. The fourth-order valence-electron chi connectivity index (χ4n) is 1.17. The normalized spacial score (nSPS) is 23.9. The first-order valence-electron chi connectivity index (χ1n) is 4.62. The van der Waals surface area contributed by atoms with E-state index in [2.05, 4.69) is 0 Å². The third kappa shape index (κ3) is 3.19. The second-order valence-electron chi connectivity index (χ2n) is 3.30. The molecule has 13 heavy (non-hydrogen) atoms. The summed E-state index contributed by atoms with van der Waals surface area (Å²) < 4.78 is 9.97. The van der Waals surface area contributed by atoms with E-state index in [1.165, 1.54) is 0 Å². The molecule has 1 aliphatic rings. The first-order chi connectivity index (χ1) is 6.15. The highest BCUT2D eigenvalue weighted by atomic mass is 16.6. The summed E-state index contributed by atoms with van der Waals surface area (Å²) in [5.74, 6) is 0.0828. The van der Waals surface area contributed by atoms with Gasteiger partial charge in [-0.1, -0.05) is 13.0 Å². The average Bonchev–Trinajstić information content (AvgIpc) is 2.86. The Kier molecular flexibility index (Phi) is 3.48. The largest absolute Gasteiger partial charge is 0.463 e. The number of rotatable bonds is 4. The molecule has 2 atom stereocenters. The van der Waals surface area contributed by atoms with Gasteiger partial charge in [-0.15, -0.1) is 0 Å². The first kappa shape index (κ1) is 10.3. The number of hydrogen-bond donors (Lipinski definition) is 0. The van der Waals surface area contributed by atoms with Crippen LogP contribution in [0.4, 0.5) is 0 Å². The van der Waals surface area contributed by atoms with Crippen molar-refractivity contribution in [2.45, 2.75) is 26.9 Å². The van der Waals surface area contributed by atoms with Crippen molar-refractivity contribution >= 4 is 5.97 Å². The van der Waals surface area contributed by atoms with Crippen molar-refractivity contribution in [1.82, 2.24) is 0 Å². The summed E-state index contributed by atoms with van der Waals surface area (Å²) >= 11 is 0. The molecule has 3 heteroatoms. The van der Waals surface area contributed by atoms with Crippen LogP contribution in [0.5, 0.6) is 0 Å². The van der Waals surface area contributed by atoms with Gasteiger partial charge in [0.05, 0.1) is 19.3 Å². The van der Waals surface area contributed by atoms with Gasteiger partial charge in [-0.3, -0.25) is 0 Å². The lowest BCUT2D eigenvalue weighted by Crippen LogP contribution is -2.08. The zero-order valence-corrected chi connectivity index (χ0v) is 8.37. The van der Waals surface area contributed by atoms with Crippen molar-refractivity contribution < 1.29 is 14.3 Å². The quantitative estimate of drug-likeness (QED) is 0.378. The smallest absolute Gasteiger partial charge is 0.333 e. The van der Waals surface area contributed by atoms with Gasteiger partial charge in [0, 0.05) is 11.5 Å². The minimum absolute atomic E-state index is 0.227. The summed E-state index contributed by atoms with van der Waals surface area (Å²) in [7, 11) is 0. The van der Waals surface area contributed by atoms with E-state index in [1.54, 1.807) is 13.8 Å². The van der Waals surface area contributed by atoms with Gasteiger partial charge in [-0.2, -0.15) is 0 Å². The monoisotopic (exact) mass is 184 g/mol. The van der Waals surface area contributed by atoms with Crippen LogP contribution in [-0.2, 0) is 14.3 Å². The van der Waals surface area contributed by atoms with Crippen LogP contribution in [0.2, 0.25) is 0 Å². The van der Waals surface area contributed by atoms with Gasteiger partial charge in [-0.25, -0.2) is 4.79 Å². The van der Waals surface area contributed by atoms with Gasteiger partial charge in [0.2, 0.25) is 0 Å². The second kappa shape index (κ2) is 4.42. The van der Waals surface area contributed by atoms with Crippen LogP contribution in [0.3, 0.4) is 0 Å². The molecule has 0 spiro atoms. The Balaban J connectivity index is 2.43. The number of hydrogen-bond acceptors (Lipinski definition) is 3. The molecule has 1 rings (SSSR count). The van der Waals surface area contributed by atoms with E-state index in [0.717, 1.165) is 6.61 Å². The topological polar surface area (TPSA) is 38.8 Å². The van der Waals surface area contributed by atoms with E-state index in [4.69, 9.17) is 9.47 Å². The maximum absolute atomic E-state index is 11.2. The SMILES string of the molecule is CCOC(=O)/C(C)=C/[C@H](C)[C@@H]1CO1. The van der Waals surface area contributed by atoms with Crippen LogP contribution in [0.25, 0.3) is 0 Å². The molecule has 0 unspecified atom stereocenters. The molecule has 0 radical (unpaired) electrons. The summed E-state index contributed by atoms with van der Waals surface area (Å²) in [4.78, 5) is 11.2. The molecular weight excluding hydrogens is 168 g/mol. The molecule has 0 amide bonds. The predicted molar refractivity (Wildman–Crippen MR) is 49.3 cm³/mol. The molecular formula is C10H16O3. The Morgan fingerprint density at radius 3 is 2.85 bits per heavy atom. The summed E-state index contributed by atoms with van der Waals surface area (Å²) in [6, 6.07) is 0. The van der Waals surface area contributed by atoms with Gasteiger partial charge >= 0.3 is 5.97 Å². The fourth-order valence-corrected chi connectivity index (χ4v) is 1.17. The highest BCUT2D eigenvalue weighted by molar-refractivity contribution is 5.87. The highest BCUT2D eigenvalue weighted by Crippen LogP contribution is 2.21. The minimum atomic E-state index is -0.227. The Morgan fingerprint density at radius 2 is 2.38 bits per heavy atom. The molecule has 0 aromatic heterocycles. The Hall–Kier alpha value is -0.830. The first-order valence-corrected chi connectivity index (χ1v) is 4.62. The number of epoxide rings is 1. The fraction of sp³-hybridized carbons (Fsp3) is 0.700. The van der Waals surface area contributed by atoms with E-state index in [0.29, 0.717) is 24.2 Å². The number of ether oxygens (including phenoxy) is 2. The molecule has 1 aliphatic heterocycles. The lowest BCUT2D eigenvalue weighted by atomic mass is 10.1. The van der Waals surface area contributed by atoms with Crippen molar-refractivity contribution in [2.24, 2.45) is 5.92 Å². The van der Waals surface area contributed by atoms with Gasteiger partial charge in [0.25, 0.3) is 0 Å². The van der Waals surface area contributed by atoms with E-state index in [-0.39, 0.29) is 5.97 Å². The molecule has 1 heterocycles. The minimum Gasteiger partial charge on any atom is -0.463 e. The lowest BCUT2D eigenvalue weighted by molar-refractivity contribution is -0.138. The van der Waals surface area contributed by atoms with Gasteiger partial charge in [-0.05, 0) is 13.8 Å². The van der Waals surface area contributed by atoms with E-state index in [1.807, 2.05) is 13.0 Å². The molecule has 3 nitrogen and oxygen atoms in total. The third-order valence-corrected chi connectivity index (χ3v) is 2.06. The third-order valence-electron chi connectivity index (χ3n) is 2.06. The number of carbonyl (C=O) groups is 1. The molecule has 0 saturated carbocycles. The summed E-state index contributed by atoms with van der Waals surface area (Å²) in [6.45, 7) is 6.86. The van der Waals surface area contributed by atoms with E-state index < -0.39 is 0 Å². The molecule has 0 bridgehead atoms. The molecule has 0 aromatic rings. The predicted octanol–water partition coefficient (Wildman–Crippen LogP) is 1.53. The molecule has 0 aliphatic carbocycles. The lowest BCUT2D eigenvalue weighted by Gasteiger charge is -2.04. The van der Waals surface area contributed by atoms with Crippen molar-refractivity contribution in [1.29, 1.82) is 0 Å². The molecule has 1 fully saturated rings. The van der Waals surface area contributed by atoms with Crippen LogP contribution in [0, 0.1) is 5.92 Å². The standard InChI is InChI=1S/C10H16O3/c1-4-12-10(11)8(3)5-7(2)9-6-13-9/h5,7,9H,4,6H2,1-3H3/b8-5+/t7-,9-/m0/s1. The van der Waals surface area contributed by atoms with Crippen LogP contribution in [0.15, 0.2) is 11.6 Å².